The highest BCUT2D eigenvalue weighted by atomic mass is 16.5. The number of methoxy groups -OCH3 is 1. The van der Waals surface area contributed by atoms with E-state index in [1.54, 1.807) is 0 Å². The monoisotopic (exact) mass is 256 g/mol. The number of likely N-dealkylation sites (tertiary alicyclic amines) is 1. The first-order chi connectivity index (χ1) is 8.47. The molecule has 3 atom stereocenters. The molecule has 1 amide bonds. The van der Waals surface area contributed by atoms with Gasteiger partial charge in [0, 0.05) is 25.2 Å². The fraction of sp³-hybridized carbons (Fsp3) is 0.929. The Kier molecular flexibility index (Phi) is 5.93. The third-order valence-corrected chi connectivity index (χ3v) is 4.18. The van der Waals surface area contributed by atoms with E-state index in [4.69, 9.17) is 4.74 Å². The van der Waals surface area contributed by atoms with Gasteiger partial charge < -0.3 is 10.1 Å². The molecule has 0 aromatic rings. The summed E-state index contributed by atoms with van der Waals surface area (Å²) in [6, 6.07) is 0.793. The summed E-state index contributed by atoms with van der Waals surface area (Å²) in [5.74, 6) is 1.30. The van der Waals surface area contributed by atoms with Crippen molar-refractivity contribution >= 4 is 6.09 Å². The van der Waals surface area contributed by atoms with Crippen LogP contribution in [0.15, 0.2) is 0 Å². The number of hydrogen-bond acceptors (Lipinski definition) is 3. The second-order valence-corrected chi connectivity index (χ2v) is 5.78. The smallest absolute Gasteiger partial charge is 0.407 e. The number of rotatable bonds is 4. The summed E-state index contributed by atoms with van der Waals surface area (Å²) in [7, 11) is 1.42. The van der Waals surface area contributed by atoms with Crippen molar-refractivity contribution < 1.29 is 9.53 Å². The van der Waals surface area contributed by atoms with E-state index in [1.165, 1.54) is 7.11 Å². The standard InChI is InChI=1S/C14H28N2O2/c1-6-11(4)16-8-12(10(2)3)7-13(9-16)15-14(17)18-5/h10-13H,6-9H2,1-5H3,(H,15,17). The predicted molar refractivity (Wildman–Crippen MR) is 73.6 cm³/mol. The largest absolute Gasteiger partial charge is 0.453 e. The Morgan fingerprint density at radius 3 is 2.56 bits per heavy atom. The van der Waals surface area contributed by atoms with Crippen molar-refractivity contribution in [2.45, 2.75) is 52.6 Å². The first-order valence-corrected chi connectivity index (χ1v) is 7.06. The fourth-order valence-corrected chi connectivity index (χ4v) is 2.60. The van der Waals surface area contributed by atoms with Gasteiger partial charge in [0.2, 0.25) is 0 Å². The maximum absolute atomic E-state index is 11.4. The number of hydrogen-bond donors (Lipinski definition) is 1. The van der Waals surface area contributed by atoms with Crippen LogP contribution in [0.5, 0.6) is 0 Å². The number of nitrogens with one attached hydrogen (secondary N) is 1. The Labute approximate surface area is 111 Å². The van der Waals surface area contributed by atoms with E-state index >= 15 is 0 Å². The van der Waals surface area contributed by atoms with Crippen LogP contribution < -0.4 is 5.32 Å². The summed E-state index contributed by atoms with van der Waals surface area (Å²) in [6.07, 6.45) is 1.89. The van der Waals surface area contributed by atoms with Crippen LogP contribution in [0, 0.1) is 11.8 Å². The topological polar surface area (TPSA) is 41.6 Å². The molecule has 1 aliphatic rings. The van der Waals surface area contributed by atoms with E-state index in [0.29, 0.717) is 17.9 Å². The zero-order valence-corrected chi connectivity index (χ0v) is 12.4. The summed E-state index contributed by atoms with van der Waals surface area (Å²) >= 11 is 0. The maximum atomic E-state index is 11.4. The molecule has 0 aromatic heterocycles. The molecular weight excluding hydrogens is 228 g/mol. The van der Waals surface area contributed by atoms with Crippen LogP contribution in [0.3, 0.4) is 0 Å². The molecule has 106 valence electrons. The van der Waals surface area contributed by atoms with Crippen LogP contribution in [-0.4, -0.2) is 43.3 Å². The van der Waals surface area contributed by atoms with Gasteiger partial charge in [-0.05, 0) is 31.6 Å². The van der Waals surface area contributed by atoms with Crippen LogP contribution in [0.4, 0.5) is 4.79 Å². The SMILES string of the molecule is CCC(C)N1CC(NC(=O)OC)CC(C(C)C)C1. The van der Waals surface area contributed by atoms with Crippen LogP contribution in [-0.2, 0) is 4.74 Å². The van der Waals surface area contributed by atoms with Crippen molar-refractivity contribution in [2.24, 2.45) is 11.8 Å². The molecule has 1 heterocycles. The van der Waals surface area contributed by atoms with E-state index in [9.17, 15) is 4.79 Å². The number of piperidine rings is 1. The molecule has 0 saturated carbocycles. The van der Waals surface area contributed by atoms with Gasteiger partial charge in [-0.25, -0.2) is 4.79 Å². The Morgan fingerprint density at radius 1 is 1.39 bits per heavy atom. The minimum atomic E-state index is -0.312. The molecule has 1 N–H and O–H groups in total. The quantitative estimate of drug-likeness (QED) is 0.840. The lowest BCUT2D eigenvalue weighted by molar-refractivity contribution is 0.0793. The number of amides is 1. The minimum absolute atomic E-state index is 0.215. The molecule has 3 unspecified atom stereocenters. The lowest BCUT2D eigenvalue weighted by Crippen LogP contribution is -2.54. The number of ether oxygens (including phenoxy) is 1. The molecule has 0 aliphatic carbocycles. The molecule has 4 nitrogen and oxygen atoms in total. The van der Waals surface area contributed by atoms with E-state index in [1.807, 2.05) is 0 Å². The predicted octanol–water partition coefficient (Wildman–Crippen LogP) is 2.49. The number of alkyl carbamates (subject to hydrolysis) is 1. The first-order valence-electron chi connectivity index (χ1n) is 7.06. The van der Waals surface area contributed by atoms with Gasteiger partial charge >= 0.3 is 6.09 Å². The molecule has 0 aromatic carbocycles. The Hall–Kier alpha value is -0.770. The van der Waals surface area contributed by atoms with E-state index in [-0.39, 0.29) is 12.1 Å². The molecule has 0 spiro atoms. The van der Waals surface area contributed by atoms with Crippen molar-refractivity contribution in [3.05, 3.63) is 0 Å². The normalized spacial score (nSPS) is 27.0. The van der Waals surface area contributed by atoms with E-state index in [2.05, 4.69) is 37.9 Å². The third-order valence-electron chi connectivity index (χ3n) is 4.18. The van der Waals surface area contributed by atoms with Crippen LogP contribution >= 0.6 is 0 Å². The third kappa shape index (κ3) is 4.16. The van der Waals surface area contributed by atoms with Crippen molar-refractivity contribution in [3.8, 4) is 0 Å². The van der Waals surface area contributed by atoms with Gasteiger partial charge in [0.1, 0.15) is 0 Å². The molecule has 0 bridgehead atoms. The molecule has 1 saturated heterocycles. The molecule has 1 fully saturated rings. The van der Waals surface area contributed by atoms with E-state index < -0.39 is 0 Å². The van der Waals surface area contributed by atoms with Crippen LogP contribution in [0.1, 0.15) is 40.5 Å². The van der Waals surface area contributed by atoms with Gasteiger partial charge in [-0.2, -0.15) is 0 Å². The Balaban J connectivity index is 2.65. The second-order valence-electron chi connectivity index (χ2n) is 5.78. The molecular formula is C14H28N2O2. The van der Waals surface area contributed by atoms with E-state index in [0.717, 1.165) is 25.9 Å². The second kappa shape index (κ2) is 6.98. The van der Waals surface area contributed by atoms with Crippen molar-refractivity contribution in [1.29, 1.82) is 0 Å². The minimum Gasteiger partial charge on any atom is -0.453 e. The van der Waals surface area contributed by atoms with Gasteiger partial charge in [-0.1, -0.05) is 20.8 Å². The zero-order valence-electron chi connectivity index (χ0n) is 12.4. The zero-order chi connectivity index (χ0) is 13.7. The highest BCUT2D eigenvalue weighted by Crippen LogP contribution is 2.25. The van der Waals surface area contributed by atoms with Crippen LogP contribution in [0.2, 0.25) is 0 Å². The van der Waals surface area contributed by atoms with Crippen molar-refractivity contribution in [3.63, 3.8) is 0 Å². The number of carbonyl (C=O) groups is 1. The maximum Gasteiger partial charge on any atom is 0.407 e. The van der Waals surface area contributed by atoms with Crippen molar-refractivity contribution in [1.82, 2.24) is 10.2 Å². The number of carbonyl (C=O) groups excluding carboxylic acids is 1. The van der Waals surface area contributed by atoms with Crippen molar-refractivity contribution in [2.75, 3.05) is 20.2 Å². The number of nitrogens with zero attached hydrogens (tertiary/aromatic N) is 1. The molecule has 4 heteroatoms. The average molecular weight is 256 g/mol. The lowest BCUT2D eigenvalue weighted by atomic mass is 9.85. The highest BCUT2D eigenvalue weighted by molar-refractivity contribution is 5.67. The first kappa shape index (κ1) is 15.3. The van der Waals surface area contributed by atoms with Gasteiger partial charge in [0.25, 0.3) is 0 Å². The van der Waals surface area contributed by atoms with Gasteiger partial charge in [0.05, 0.1) is 7.11 Å². The summed E-state index contributed by atoms with van der Waals surface area (Å²) in [5.41, 5.74) is 0. The molecule has 1 aliphatic heterocycles. The lowest BCUT2D eigenvalue weighted by Gasteiger charge is -2.42. The fourth-order valence-electron chi connectivity index (χ4n) is 2.60. The highest BCUT2D eigenvalue weighted by Gasteiger charge is 2.31. The van der Waals surface area contributed by atoms with Gasteiger partial charge in [-0.15, -0.1) is 0 Å². The average Bonchev–Trinajstić information content (AvgIpc) is 2.37. The van der Waals surface area contributed by atoms with Gasteiger partial charge in [-0.3, -0.25) is 4.90 Å². The summed E-state index contributed by atoms with van der Waals surface area (Å²) in [4.78, 5) is 13.8. The molecule has 18 heavy (non-hydrogen) atoms. The Bertz CT molecular complexity index is 269. The summed E-state index contributed by atoms with van der Waals surface area (Å²) in [6.45, 7) is 11.1. The summed E-state index contributed by atoms with van der Waals surface area (Å²) < 4.78 is 4.70. The van der Waals surface area contributed by atoms with Gasteiger partial charge in [0.15, 0.2) is 0 Å². The molecule has 1 rings (SSSR count). The Morgan fingerprint density at radius 2 is 2.06 bits per heavy atom. The van der Waals surface area contributed by atoms with Crippen LogP contribution in [0.25, 0.3) is 0 Å². The molecule has 0 radical (unpaired) electrons. The summed E-state index contributed by atoms with van der Waals surface area (Å²) in [5, 5.41) is 2.96.